The minimum Gasteiger partial charge on any atom is -0.508 e. The molecule has 0 fully saturated rings. The van der Waals surface area contributed by atoms with Crippen molar-refractivity contribution in [2.24, 2.45) is 0 Å². The number of phenolic OH excluding ortho intramolecular Hbond substituents is 1. The second kappa shape index (κ2) is 3.17. The molecular weight excluding hydrogens is 216 g/mol. The third kappa shape index (κ3) is 1.14. The maximum atomic E-state index is 9.75. The molecule has 2 heteroatoms. The van der Waals surface area contributed by atoms with E-state index in [2.05, 4.69) is 37.3 Å². The lowest BCUT2D eigenvalue weighted by Gasteiger charge is -2.28. The van der Waals surface area contributed by atoms with E-state index in [9.17, 15) is 5.11 Å². The minimum absolute atomic E-state index is 0.0905. The molecule has 0 saturated heterocycles. The molecule has 0 spiro atoms. The predicted octanol–water partition coefficient (Wildman–Crippen LogP) is 3.56. The van der Waals surface area contributed by atoms with Crippen LogP contribution in [0.4, 0.5) is 0 Å². The molecule has 3 rings (SSSR count). The van der Waals surface area contributed by atoms with Gasteiger partial charge in [0.05, 0.1) is 0 Å². The Balaban J connectivity index is 2.24. The first-order chi connectivity index (χ1) is 7.63. The largest absolute Gasteiger partial charge is 0.508 e. The van der Waals surface area contributed by atoms with Crippen LogP contribution in [0.5, 0.6) is 5.75 Å². The molecule has 1 aliphatic carbocycles. The summed E-state index contributed by atoms with van der Waals surface area (Å²) in [6, 6.07) is 3.88. The van der Waals surface area contributed by atoms with Gasteiger partial charge in [0.25, 0.3) is 0 Å². The lowest BCUT2D eigenvalue weighted by Crippen LogP contribution is -2.28. The first-order valence-corrected chi connectivity index (χ1v) is 6.36. The SMILES string of the molecule is Cc1c(O)ccc2c1SC1C=CC=CC21C. The monoisotopic (exact) mass is 230 g/mol. The molecule has 0 aromatic heterocycles. The first kappa shape index (κ1) is 10.0. The minimum atomic E-state index is 0.0905. The second-order valence-electron chi connectivity index (χ2n) is 4.65. The summed E-state index contributed by atoms with van der Waals surface area (Å²) in [5.74, 6) is 0.404. The zero-order valence-electron chi connectivity index (χ0n) is 9.40. The van der Waals surface area contributed by atoms with Crippen LogP contribution in [0, 0.1) is 6.92 Å². The highest BCUT2D eigenvalue weighted by molar-refractivity contribution is 8.00. The van der Waals surface area contributed by atoms with Crippen molar-refractivity contribution in [2.45, 2.75) is 29.4 Å². The normalized spacial score (nSPS) is 30.2. The van der Waals surface area contributed by atoms with Crippen molar-refractivity contribution >= 4 is 11.8 Å². The lowest BCUT2D eigenvalue weighted by molar-refractivity contribution is 0.468. The Labute approximate surface area is 99.9 Å². The zero-order chi connectivity index (χ0) is 11.3. The number of thioether (sulfide) groups is 1. The smallest absolute Gasteiger partial charge is 0.119 e. The molecule has 1 aromatic carbocycles. The number of hydrogen-bond acceptors (Lipinski definition) is 2. The highest BCUT2D eigenvalue weighted by Crippen LogP contribution is 2.54. The number of allylic oxidation sites excluding steroid dienone is 3. The molecule has 0 radical (unpaired) electrons. The average Bonchev–Trinajstić information content (AvgIpc) is 2.57. The van der Waals surface area contributed by atoms with Crippen LogP contribution in [-0.4, -0.2) is 10.4 Å². The van der Waals surface area contributed by atoms with E-state index < -0.39 is 0 Å². The Bertz CT molecular complexity index is 516. The van der Waals surface area contributed by atoms with Gasteiger partial charge in [-0.05, 0) is 18.6 Å². The molecule has 82 valence electrons. The maximum absolute atomic E-state index is 9.75. The Kier molecular flexibility index (Phi) is 1.99. The number of benzene rings is 1. The van der Waals surface area contributed by atoms with Gasteiger partial charge in [-0.3, -0.25) is 0 Å². The van der Waals surface area contributed by atoms with Gasteiger partial charge < -0.3 is 5.11 Å². The molecule has 16 heavy (non-hydrogen) atoms. The summed E-state index contributed by atoms with van der Waals surface area (Å²) in [6.07, 6.45) is 8.75. The molecule has 0 amide bonds. The van der Waals surface area contributed by atoms with Gasteiger partial charge in [0.1, 0.15) is 5.75 Å². The molecule has 1 heterocycles. The van der Waals surface area contributed by atoms with Gasteiger partial charge in [-0.25, -0.2) is 0 Å². The molecule has 1 aliphatic heterocycles. The van der Waals surface area contributed by atoms with Crippen LogP contribution in [-0.2, 0) is 5.41 Å². The Morgan fingerprint density at radius 2 is 2.12 bits per heavy atom. The molecule has 2 unspecified atom stereocenters. The van der Waals surface area contributed by atoms with Crippen LogP contribution < -0.4 is 0 Å². The number of fused-ring (bicyclic) bond motifs is 3. The molecular formula is C14H14OS. The average molecular weight is 230 g/mol. The van der Waals surface area contributed by atoms with Crippen LogP contribution in [0.2, 0.25) is 0 Å². The van der Waals surface area contributed by atoms with Crippen LogP contribution >= 0.6 is 11.8 Å². The zero-order valence-corrected chi connectivity index (χ0v) is 10.2. The summed E-state index contributed by atoms with van der Waals surface area (Å²) < 4.78 is 0. The van der Waals surface area contributed by atoms with E-state index in [0.29, 0.717) is 11.0 Å². The summed E-state index contributed by atoms with van der Waals surface area (Å²) in [5.41, 5.74) is 2.45. The molecule has 0 bridgehead atoms. The summed E-state index contributed by atoms with van der Waals surface area (Å²) in [5, 5.41) is 10.2. The first-order valence-electron chi connectivity index (χ1n) is 5.48. The van der Waals surface area contributed by atoms with Crippen LogP contribution in [0.3, 0.4) is 0 Å². The van der Waals surface area contributed by atoms with Crippen LogP contribution in [0.1, 0.15) is 18.1 Å². The number of rotatable bonds is 0. The summed E-state index contributed by atoms with van der Waals surface area (Å²) in [6.45, 7) is 4.27. The number of hydrogen-bond donors (Lipinski definition) is 1. The summed E-state index contributed by atoms with van der Waals surface area (Å²) >= 11 is 1.86. The van der Waals surface area contributed by atoms with Crippen molar-refractivity contribution in [1.29, 1.82) is 0 Å². The van der Waals surface area contributed by atoms with Gasteiger partial charge in [-0.15, -0.1) is 11.8 Å². The maximum Gasteiger partial charge on any atom is 0.119 e. The molecule has 2 atom stereocenters. The number of phenols is 1. The fourth-order valence-corrected chi connectivity index (χ4v) is 4.07. The number of aromatic hydroxyl groups is 1. The molecule has 1 nitrogen and oxygen atoms in total. The van der Waals surface area contributed by atoms with Crippen molar-refractivity contribution < 1.29 is 5.11 Å². The van der Waals surface area contributed by atoms with E-state index in [1.807, 2.05) is 24.8 Å². The van der Waals surface area contributed by atoms with E-state index in [1.165, 1.54) is 10.5 Å². The summed E-state index contributed by atoms with van der Waals surface area (Å²) in [4.78, 5) is 1.25. The molecule has 1 N–H and O–H groups in total. The van der Waals surface area contributed by atoms with Gasteiger partial charge in [0.15, 0.2) is 0 Å². The quantitative estimate of drug-likeness (QED) is 0.735. The van der Waals surface area contributed by atoms with E-state index in [1.54, 1.807) is 0 Å². The van der Waals surface area contributed by atoms with Gasteiger partial charge in [-0.1, -0.05) is 37.3 Å². The van der Waals surface area contributed by atoms with Crippen molar-refractivity contribution in [3.8, 4) is 5.75 Å². The molecule has 1 aromatic rings. The third-order valence-electron chi connectivity index (χ3n) is 3.63. The fraction of sp³-hybridized carbons (Fsp3) is 0.286. The van der Waals surface area contributed by atoms with Crippen molar-refractivity contribution in [3.05, 3.63) is 47.6 Å². The Morgan fingerprint density at radius 3 is 2.94 bits per heavy atom. The third-order valence-corrected chi connectivity index (χ3v) is 5.30. The van der Waals surface area contributed by atoms with Crippen LogP contribution in [0.25, 0.3) is 0 Å². The van der Waals surface area contributed by atoms with Gasteiger partial charge in [0, 0.05) is 21.1 Å². The highest BCUT2D eigenvalue weighted by atomic mass is 32.2. The molecule has 2 aliphatic rings. The predicted molar refractivity (Wildman–Crippen MR) is 68.1 cm³/mol. The standard InChI is InChI=1S/C14H14OS/c1-9-11(15)7-6-10-13(9)16-12-5-3-4-8-14(10,12)2/h3-8,12,15H,1-2H3. The second-order valence-corrected chi connectivity index (χ2v) is 5.80. The van der Waals surface area contributed by atoms with Gasteiger partial charge in [0.2, 0.25) is 0 Å². The van der Waals surface area contributed by atoms with Crippen molar-refractivity contribution in [3.63, 3.8) is 0 Å². The van der Waals surface area contributed by atoms with Crippen molar-refractivity contribution in [2.75, 3.05) is 0 Å². The van der Waals surface area contributed by atoms with Crippen molar-refractivity contribution in [1.82, 2.24) is 0 Å². The van der Waals surface area contributed by atoms with Crippen LogP contribution in [0.15, 0.2) is 41.3 Å². The molecule has 0 saturated carbocycles. The van der Waals surface area contributed by atoms with Gasteiger partial charge >= 0.3 is 0 Å². The van der Waals surface area contributed by atoms with E-state index in [0.717, 1.165) is 5.56 Å². The highest BCUT2D eigenvalue weighted by Gasteiger charge is 2.42. The van der Waals surface area contributed by atoms with E-state index >= 15 is 0 Å². The summed E-state index contributed by atoms with van der Waals surface area (Å²) in [7, 11) is 0. The van der Waals surface area contributed by atoms with E-state index in [4.69, 9.17) is 0 Å². The lowest BCUT2D eigenvalue weighted by atomic mass is 9.77. The fourth-order valence-electron chi connectivity index (χ4n) is 2.50. The Morgan fingerprint density at radius 1 is 1.31 bits per heavy atom. The topological polar surface area (TPSA) is 20.2 Å². The van der Waals surface area contributed by atoms with Gasteiger partial charge in [-0.2, -0.15) is 0 Å². The Hall–Kier alpha value is -1.15. The van der Waals surface area contributed by atoms with E-state index in [-0.39, 0.29) is 5.41 Å².